The number of halogens is 2. The zero-order valence-corrected chi connectivity index (χ0v) is 18.4. The molecule has 0 saturated carbocycles. The molecule has 1 fully saturated rings. The zero-order valence-electron chi connectivity index (χ0n) is 17.6. The van der Waals surface area contributed by atoms with Crippen LogP contribution >= 0.6 is 0 Å². The van der Waals surface area contributed by atoms with Crippen LogP contribution < -0.4 is 10.0 Å². The number of hydrogen-bond donors (Lipinski definition) is 2. The molecule has 2 heterocycles. The lowest BCUT2D eigenvalue weighted by molar-refractivity contribution is 0.172. The fourth-order valence-electron chi connectivity index (χ4n) is 3.57. The summed E-state index contributed by atoms with van der Waals surface area (Å²) in [4.78, 5) is 5.30. The summed E-state index contributed by atoms with van der Waals surface area (Å²) in [7, 11) is -4.49. The van der Waals surface area contributed by atoms with E-state index in [-0.39, 0.29) is 11.5 Å². The minimum absolute atomic E-state index is 0.00943. The molecule has 0 bridgehead atoms. The highest BCUT2D eigenvalue weighted by atomic mass is 32.2. The first-order chi connectivity index (χ1) is 15.3. The Kier molecular flexibility index (Phi) is 6.38. The van der Waals surface area contributed by atoms with Crippen LogP contribution in [0.5, 0.6) is 0 Å². The molecule has 6 nitrogen and oxygen atoms in total. The Morgan fingerprint density at radius 2 is 1.69 bits per heavy atom. The van der Waals surface area contributed by atoms with Gasteiger partial charge in [-0.15, -0.1) is 0 Å². The van der Waals surface area contributed by atoms with Crippen LogP contribution in [-0.4, -0.2) is 31.4 Å². The van der Waals surface area contributed by atoms with Gasteiger partial charge in [-0.1, -0.05) is 30.3 Å². The van der Waals surface area contributed by atoms with Gasteiger partial charge < -0.3 is 5.32 Å². The van der Waals surface area contributed by atoms with Crippen LogP contribution in [0.25, 0.3) is 0 Å². The summed E-state index contributed by atoms with van der Waals surface area (Å²) in [5.74, 6) is -2.37. The highest BCUT2D eigenvalue weighted by molar-refractivity contribution is 7.92. The summed E-state index contributed by atoms with van der Waals surface area (Å²) >= 11 is 0. The van der Waals surface area contributed by atoms with Crippen LogP contribution in [0.4, 0.5) is 20.3 Å². The first kappa shape index (κ1) is 22.2. The number of aromatic nitrogens is 1. The maximum absolute atomic E-state index is 14.7. The number of nitrogens with one attached hydrogen (secondary N) is 2. The van der Waals surface area contributed by atoms with Crippen molar-refractivity contribution < 1.29 is 17.2 Å². The van der Waals surface area contributed by atoms with E-state index in [4.69, 9.17) is 0 Å². The predicted molar refractivity (Wildman–Crippen MR) is 120 cm³/mol. The summed E-state index contributed by atoms with van der Waals surface area (Å²) in [5.41, 5.74) is 2.89. The fraction of sp³-hybridized carbons (Fsp3) is 0.261. The highest BCUT2D eigenvalue weighted by Gasteiger charge is 2.25. The van der Waals surface area contributed by atoms with Crippen LogP contribution in [0.3, 0.4) is 0 Å². The average Bonchev–Trinajstić information content (AvgIpc) is 2.68. The van der Waals surface area contributed by atoms with Crippen molar-refractivity contribution in [3.05, 3.63) is 83.1 Å². The number of sulfonamides is 1. The lowest BCUT2D eigenvalue weighted by Crippen LogP contribution is -2.36. The van der Waals surface area contributed by atoms with Crippen LogP contribution in [-0.2, 0) is 23.1 Å². The molecule has 32 heavy (non-hydrogen) atoms. The lowest BCUT2D eigenvalue weighted by atomic mass is 10.1. The van der Waals surface area contributed by atoms with Gasteiger partial charge in [0.15, 0.2) is 4.90 Å². The highest BCUT2D eigenvalue weighted by Crippen LogP contribution is 2.26. The minimum atomic E-state index is -4.49. The van der Waals surface area contributed by atoms with Crippen LogP contribution in [0.2, 0.25) is 0 Å². The number of hydrogen-bond acceptors (Lipinski definition) is 5. The second kappa shape index (κ2) is 9.22. The van der Waals surface area contributed by atoms with Crippen molar-refractivity contribution in [2.24, 2.45) is 0 Å². The molecule has 1 aliphatic rings. The summed E-state index contributed by atoms with van der Waals surface area (Å²) in [6, 6.07) is 14.5. The van der Waals surface area contributed by atoms with Crippen molar-refractivity contribution in [3.63, 3.8) is 0 Å². The third-order valence-corrected chi connectivity index (χ3v) is 6.74. The second-order valence-corrected chi connectivity index (χ2v) is 9.41. The van der Waals surface area contributed by atoms with Crippen LogP contribution in [0.15, 0.2) is 59.5 Å². The van der Waals surface area contributed by atoms with Crippen molar-refractivity contribution in [1.82, 2.24) is 9.88 Å². The molecular formula is C23H24F2N4O2S. The molecule has 2 aromatic carbocycles. The third-order valence-electron chi connectivity index (χ3n) is 5.34. The second-order valence-electron chi connectivity index (χ2n) is 7.79. The van der Waals surface area contributed by atoms with E-state index in [1.165, 1.54) is 12.5 Å². The molecule has 3 aromatic rings. The van der Waals surface area contributed by atoms with E-state index in [1.54, 1.807) is 19.1 Å². The van der Waals surface area contributed by atoms with Gasteiger partial charge in [-0.25, -0.2) is 22.2 Å². The van der Waals surface area contributed by atoms with Crippen molar-refractivity contribution >= 4 is 21.5 Å². The largest absolute Gasteiger partial charge is 0.381 e. The van der Waals surface area contributed by atoms with E-state index in [9.17, 15) is 17.2 Å². The molecule has 0 spiro atoms. The monoisotopic (exact) mass is 458 g/mol. The van der Waals surface area contributed by atoms with E-state index in [0.717, 1.165) is 42.9 Å². The van der Waals surface area contributed by atoms with Crippen molar-refractivity contribution in [1.29, 1.82) is 0 Å². The quantitative estimate of drug-likeness (QED) is 0.527. The number of likely N-dealkylation sites (tertiary alicyclic amines) is 1. The van der Waals surface area contributed by atoms with E-state index in [1.807, 2.05) is 24.3 Å². The normalized spacial score (nSPS) is 14.1. The molecule has 0 aliphatic carbocycles. The fourth-order valence-corrected chi connectivity index (χ4v) is 4.69. The molecule has 0 amide bonds. The molecule has 1 saturated heterocycles. The molecule has 9 heteroatoms. The van der Waals surface area contributed by atoms with Gasteiger partial charge in [0.05, 0.1) is 0 Å². The van der Waals surface area contributed by atoms with Gasteiger partial charge >= 0.3 is 0 Å². The molecular weight excluding hydrogens is 434 g/mol. The molecule has 168 valence electrons. The van der Waals surface area contributed by atoms with Gasteiger partial charge in [-0.3, -0.25) is 9.62 Å². The average molecular weight is 459 g/mol. The number of nitrogens with zero attached hydrogens (tertiary/aromatic N) is 2. The van der Waals surface area contributed by atoms with Crippen LogP contribution in [0, 0.1) is 18.6 Å². The first-order valence-electron chi connectivity index (χ1n) is 10.3. The number of rotatable bonds is 8. The topological polar surface area (TPSA) is 74.3 Å². The standard InChI is InChI=1S/C23H24F2N4O2S/c1-16-6-4-9-22(27-16)28-32(30,31)23-20(24)12-19(13-21(23)25)26-14-17-7-2-3-8-18(17)15-29-10-5-11-29/h2-4,6-9,12-13,26H,5,10-11,14-15H2,1H3,(H,27,28). The number of pyridine rings is 1. The Labute approximate surface area is 186 Å². The van der Waals surface area contributed by atoms with E-state index in [2.05, 4.69) is 19.9 Å². The van der Waals surface area contributed by atoms with Gasteiger partial charge in [-0.05, 0) is 61.8 Å². The Hall–Kier alpha value is -3.04. The van der Waals surface area contributed by atoms with Crippen molar-refractivity contribution in [2.75, 3.05) is 23.1 Å². The Morgan fingerprint density at radius 1 is 1.00 bits per heavy atom. The van der Waals surface area contributed by atoms with Gasteiger partial charge in [0, 0.05) is 24.5 Å². The van der Waals surface area contributed by atoms with Gasteiger partial charge in [0.25, 0.3) is 10.0 Å². The maximum Gasteiger partial charge on any atom is 0.268 e. The number of benzene rings is 2. The third kappa shape index (κ3) is 5.05. The number of anilines is 2. The molecule has 1 aliphatic heterocycles. The summed E-state index contributed by atoms with van der Waals surface area (Å²) in [6.07, 6.45) is 1.20. The molecule has 0 radical (unpaired) electrons. The van der Waals surface area contributed by atoms with Gasteiger partial charge in [0.2, 0.25) is 0 Å². The minimum Gasteiger partial charge on any atom is -0.381 e. The zero-order chi connectivity index (χ0) is 22.7. The first-order valence-corrected chi connectivity index (χ1v) is 11.8. The molecule has 1 aromatic heterocycles. The Balaban J connectivity index is 1.51. The Bertz CT molecular complexity index is 1210. The lowest BCUT2D eigenvalue weighted by Gasteiger charge is -2.31. The Morgan fingerprint density at radius 3 is 2.31 bits per heavy atom. The molecule has 4 rings (SSSR count). The van der Waals surface area contributed by atoms with Crippen molar-refractivity contribution in [2.45, 2.75) is 31.3 Å². The number of aryl methyl sites for hydroxylation is 1. The summed E-state index contributed by atoms with van der Waals surface area (Å²) in [6.45, 7) is 5.01. The van der Waals surface area contributed by atoms with Crippen molar-refractivity contribution in [3.8, 4) is 0 Å². The maximum atomic E-state index is 14.7. The predicted octanol–water partition coefficient (Wildman–Crippen LogP) is 4.29. The SMILES string of the molecule is Cc1cccc(NS(=O)(=O)c2c(F)cc(NCc3ccccc3CN3CCC3)cc2F)n1. The van der Waals surface area contributed by atoms with Gasteiger partial charge in [0.1, 0.15) is 17.5 Å². The smallest absolute Gasteiger partial charge is 0.268 e. The summed E-state index contributed by atoms with van der Waals surface area (Å²) < 4.78 is 56.7. The molecule has 0 atom stereocenters. The van der Waals surface area contributed by atoms with E-state index < -0.39 is 26.6 Å². The van der Waals surface area contributed by atoms with E-state index >= 15 is 0 Å². The molecule has 2 N–H and O–H groups in total. The van der Waals surface area contributed by atoms with Gasteiger partial charge in [-0.2, -0.15) is 0 Å². The van der Waals surface area contributed by atoms with Crippen LogP contribution in [0.1, 0.15) is 23.2 Å². The summed E-state index contributed by atoms with van der Waals surface area (Å²) in [5, 5.41) is 3.00. The van der Waals surface area contributed by atoms with E-state index in [0.29, 0.717) is 12.2 Å². The molecule has 0 unspecified atom stereocenters.